The van der Waals surface area contributed by atoms with Crippen LogP contribution in [0.2, 0.25) is 0 Å². The van der Waals surface area contributed by atoms with Crippen molar-refractivity contribution >= 4 is 11.4 Å². The summed E-state index contributed by atoms with van der Waals surface area (Å²) < 4.78 is 0. The Labute approximate surface area is 90.8 Å². The van der Waals surface area contributed by atoms with Gasteiger partial charge >= 0.3 is 0 Å². The third-order valence-electron chi connectivity index (χ3n) is 2.83. The molecule has 0 saturated heterocycles. The standard InChI is InChI=1S/C12H10O.C2H6/c13-10-5-8-3-1-2-4-11(8)12-7-9(12)6-10;1-2/h1-4H,5-7H2;1-2H3. The molecule has 0 spiro atoms. The van der Waals surface area contributed by atoms with Gasteiger partial charge in [0, 0.05) is 12.8 Å². The molecule has 1 heteroatoms. The molecule has 78 valence electrons. The van der Waals surface area contributed by atoms with E-state index in [1.54, 1.807) is 0 Å². The van der Waals surface area contributed by atoms with Crippen LogP contribution in [-0.4, -0.2) is 5.78 Å². The molecule has 2 aliphatic carbocycles. The summed E-state index contributed by atoms with van der Waals surface area (Å²) in [6, 6.07) is 8.27. The number of fused-ring (bicyclic) bond motifs is 2. The molecule has 0 saturated carbocycles. The molecule has 15 heavy (non-hydrogen) atoms. The third kappa shape index (κ3) is 1.87. The van der Waals surface area contributed by atoms with Crippen molar-refractivity contribution in [1.29, 1.82) is 0 Å². The maximum absolute atomic E-state index is 11.4. The zero-order chi connectivity index (χ0) is 10.8. The topological polar surface area (TPSA) is 17.1 Å². The quantitative estimate of drug-likeness (QED) is 0.627. The molecule has 0 heterocycles. The zero-order valence-corrected chi connectivity index (χ0v) is 9.34. The maximum atomic E-state index is 11.4. The molecule has 0 atom stereocenters. The second-order valence-electron chi connectivity index (χ2n) is 3.81. The van der Waals surface area contributed by atoms with Gasteiger partial charge in [-0.1, -0.05) is 43.7 Å². The first-order valence-corrected chi connectivity index (χ1v) is 5.65. The van der Waals surface area contributed by atoms with Crippen LogP contribution in [0.5, 0.6) is 0 Å². The average Bonchev–Trinajstić information content (AvgIpc) is 3.00. The van der Waals surface area contributed by atoms with Gasteiger partial charge in [-0.25, -0.2) is 0 Å². The van der Waals surface area contributed by atoms with Crippen LogP contribution in [0, 0.1) is 0 Å². The first-order chi connectivity index (χ1) is 7.34. The Kier molecular flexibility index (Phi) is 2.72. The van der Waals surface area contributed by atoms with E-state index in [2.05, 4.69) is 18.2 Å². The van der Waals surface area contributed by atoms with Gasteiger partial charge in [-0.05, 0) is 23.1 Å². The van der Waals surface area contributed by atoms with Crippen molar-refractivity contribution in [2.75, 3.05) is 0 Å². The Morgan fingerprint density at radius 3 is 2.53 bits per heavy atom. The second-order valence-corrected chi connectivity index (χ2v) is 3.81. The molecule has 1 aromatic rings. The number of carbonyl (C=O) groups is 1. The number of Topliss-reactive ketones (excluding diaryl/α,β-unsaturated/α-hetero) is 1. The predicted octanol–water partition coefficient (Wildman–Crippen LogP) is 3.39. The largest absolute Gasteiger partial charge is 0.299 e. The Bertz CT molecular complexity index is 427. The minimum atomic E-state index is 0.370. The summed E-state index contributed by atoms with van der Waals surface area (Å²) >= 11 is 0. The number of hydrogen-bond donors (Lipinski definition) is 0. The summed E-state index contributed by atoms with van der Waals surface area (Å²) in [7, 11) is 0. The summed E-state index contributed by atoms with van der Waals surface area (Å²) in [6.45, 7) is 4.00. The summed E-state index contributed by atoms with van der Waals surface area (Å²) in [5.74, 6) is 0.370. The highest BCUT2D eigenvalue weighted by Gasteiger charge is 2.29. The van der Waals surface area contributed by atoms with Crippen LogP contribution in [0.25, 0.3) is 5.57 Å². The molecule has 0 fully saturated rings. The van der Waals surface area contributed by atoms with E-state index in [1.807, 2.05) is 19.9 Å². The monoisotopic (exact) mass is 200 g/mol. The molecule has 0 aromatic heterocycles. The highest BCUT2D eigenvalue weighted by atomic mass is 16.1. The van der Waals surface area contributed by atoms with Crippen molar-refractivity contribution in [3.63, 3.8) is 0 Å². The van der Waals surface area contributed by atoms with Crippen LogP contribution >= 0.6 is 0 Å². The van der Waals surface area contributed by atoms with Crippen LogP contribution in [0.15, 0.2) is 29.8 Å². The van der Waals surface area contributed by atoms with E-state index >= 15 is 0 Å². The summed E-state index contributed by atoms with van der Waals surface area (Å²) in [5, 5.41) is 0. The number of rotatable bonds is 0. The number of ketones is 1. The van der Waals surface area contributed by atoms with Crippen molar-refractivity contribution in [2.24, 2.45) is 0 Å². The number of allylic oxidation sites excluding steroid dienone is 2. The Hall–Kier alpha value is -1.37. The first kappa shape index (κ1) is 10.2. The van der Waals surface area contributed by atoms with E-state index in [4.69, 9.17) is 0 Å². The minimum Gasteiger partial charge on any atom is -0.299 e. The van der Waals surface area contributed by atoms with Gasteiger partial charge in [0.2, 0.25) is 0 Å². The van der Waals surface area contributed by atoms with Crippen LogP contribution in [0.4, 0.5) is 0 Å². The van der Waals surface area contributed by atoms with Crippen LogP contribution < -0.4 is 0 Å². The van der Waals surface area contributed by atoms with Gasteiger partial charge < -0.3 is 0 Å². The van der Waals surface area contributed by atoms with Gasteiger partial charge in [-0.3, -0.25) is 4.79 Å². The molecule has 0 radical (unpaired) electrons. The fourth-order valence-corrected chi connectivity index (χ4v) is 2.11. The van der Waals surface area contributed by atoms with E-state index < -0.39 is 0 Å². The molecule has 0 unspecified atom stereocenters. The third-order valence-corrected chi connectivity index (χ3v) is 2.83. The lowest BCUT2D eigenvalue weighted by Gasteiger charge is -2.03. The van der Waals surface area contributed by atoms with Gasteiger partial charge in [0.25, 0.3) is 0 Å². The van der Waals surface area contributed by atoms with Gasteiger partial charge in [0.05, 0.1) is 0 Å². The molecule has 0 amide bonds. The molecule has 0 aliphatic heterocycles. The van der Waals surface area contributed by atoms with Crippen molar-refractivity contribution in [3.8, 4) is 0 Å². The number of carbonyl (C=O) groups excluding carboxylic acids is 1. The van der Waals surface area contributed by atoms with E-state index in [9.17, 15) is 4.79 Å². The lowest BCUT2D eigenvalue weighted by atomic mass is 10.0. The second kappa shape index (κ2) is 4.01. The highest BCUT2D eigenvalue weighted by Crippen LogP contribution is 2.45. The lowest BCUT2D eigenvalue weighted by Crippen LogP contribution is -2.02. The van der Waals surface area contributed by atoms with Crippen molar-refractivity contribution < 1.29 is 4.79 Å². The molecule has 0 N–H and O–H groups in total. The fourth-order valence-electron chi connectivity index (χ4n) is 2.11. The minimum absolute atomic E-state index is 0.370. The van der Waals surface area contributed by atoms with Crippen molar-refractivity contribution in [1.82, 2.24) is 0 Å². The predicted molar refractivity (Wildman–Crippen MR) is 62.7 cm³/mol. The summed E-state index contributed by atoms with van der Waals surface area (Å²) in [6.07, 6.45) is 2.40. The fraction of sp³-hybridized carbons (Fsp3) is 0.357. The average molecular weight is 200 g/mol. The Morgan fingerprint density at radius 1 is 1.00 bits per heavy atom. The summed E-state index contributed by atoms with van der Waals surface area (Å²) in [5.41, 5.74) is 5.34. The molecule has 0 bridgehead atoms. The van der Waals surface area contributed by atoms with Gasteiger partial charge in [-0.2, -0.15) is 0 Å². The smallest absolute Gasteiger partial charge is 0.141 e. The molecule has 1 aromatic carbocycles. The Balaban J connectivity index is 0.000000404. The van der Waals surface area contributed by atoms with E-state index in [1.165, 1.54) is 22.3 Å². The van der Waals surface area contributed by atoms with Gasteiger partial charge in [0.15, 0.2) is 0 Å². The molecule has 3 rings (SSSR count). The number of hydrogen-bond acceptors (Lipinski definition) is 1. The van der Waals surface area contributed by atoms with Crippen molar-refractivity contribution in [2.45, 2.75) is 33.1 Å². The van der Waals surface area contributed by atoms with Gasteiger partial charge in [-0.15, -0.1) is 0 Å². The van der Waals surface area contributed by atoms with E-state index in [0.717, 1.165) is 6.42 Å². The van der Waals surface area contributed by atoms with Crippen LogP contribution in [0.3, 0.4) is 0 Å². The van der Waals surface area contributed by atoms with E-state index in [0.29, 0.717) is 18.6 Å². The molecule has 2 aliphatic rings. The van der Waals surface area contributed by atoms with Gasteiger partial charge in [0.1, 0.15) is 5.78 Å². The van der Waals surface area contributed by atoms with Crippen LogP contribution in [0.1, 0.15) is 37.8 Å². The first-order valence-electron chi connectivity index (χ1n) is 5.65. The maximum Gasteiger partial charge on any atom is 0.141 e. The van der Waals surface area contributed by atoms with Crippen LogP contribution in [-0.2, 0) is 11.2 Å². The number of benzene rings is 1. The zero-order valence-electron chi connectivity index (χ0n) is 9.34. The lowest BCUT2D eigenvalue weighted by molar-refractivity contribution is -0.117. The Morgan fingerprint density at radius 2 is 1.73 bits per heavy atom. The molecular formula is C14H16O. The van der Waals surface area contributed by atoms with Crippen molar-refractivity contribution in [3.05, 3.63) is 41.0 Å². The molecular weight excluding hydrogens is 184 g/mol. The molecule has 1 nitrogen and oxygen atoms in total. The SMILES string of the molecule is CC.O=C1CC2=C(C2)c2ccccc2C1. The normalized spacial score (nSPS) is 17.1. The highest BCUT2D eigenvalue weighted by molar-refractivity contribution is 5.96. The van der Waals surface area contributed by atoms with E-state index in [-0.39, 0.29) is 0 Å². The summed E-state index contributed by atoms with van der Waals surface area (Å²) in [4.78, 5) is 11.4.